The van der Waals surface area contributed by atoms with Crippen molar-refractivity contribution in [3.8, 4) is 0 Å². The van der Waals surface area contributed by atoms with Crippen LogP contribution in [0.2, 0.25) is 0 Å². The van der Waals surface area contributed by atoms with Crippen LogP contribution >= 0.6 is 24.0 Å². The first-order chi connectivity index (χ1) is 9.18. The third-order valence-corrected chi connectivity index (χ3v) is 3.99. The van der Waals surface area contributed by atoms with Gasteiger partial charge >= 0.3 is 0 Å². The maximum absolute atomic E-state index is 4.81. The van der Waals surface area contributed by atoms with Crippen LogP contribution in [-0.4, -0.2) is 38.0 Å². The van der Waals surface area contributed by atoms with E-state index in [9.17, 15) is 0 Å². The second kappa shape index (κ2) is 7.86. The number of aliphatic imine (C=N–C) groups is 1. The maximum atomic E-state index is 4.81. The highest BCUT2D eigenvalue weighted by Crippen LogP contribution is 2.43. The van der Waals surface area contributed by atoms with Crippen LogP contribution in [-0.2, 0) is 5.41 Å². The zero-order valence-electron chi connectivity index (χ0n) is 12.7. The summed E-state index contributed by atoms with van der Waals surface area (Å²) >= 11 is 0. The molecule has 3 nitrogen and oxygen atoms in total. The van der Waals surface area contributed by atoms with Crippen LogP contribution in [0, 0.1) is 0 Å². The molecule has 1 N–H and O–H groups in total. The predicted octanol–water partition coefficient (Wildman–Crippen LogP) is 3.25. The summed E-state index contributed by atoms with van der Waals surface area (Å²) in [5.41, 5.74) is 1.72. The van der Waals surface area contributed by atoms with Gasteiger partial charge in [0.15, 0.2) is 5.96 Å². The fraction of sp³-hybridized carbons (Fsp3) is 0.562. The topological polar surface area (TPSA) is 27.6 Å². The summed E-state index contributed by atoms with van der Waals surface area (Å²) < 4.78 is 0. The van der Waals surface area contributed by atoms with Crippen LogP contribution in [0.1, 0.15) is 31.7 Å². The van der Waals surface area contributed by atoms with E-state index in [-0.39, 0.29) is 29.4 Å². The molecule has 1 fully saturated rings. The smallest absolute Gasteiger partial charge is 0.193 e. The number of guanidine groups is 1. The second-order valence-electron chi connectivity index (χ2n) is 5.56. The van der Waals surface area contributed by atoms with Gasteiger partial charge in [0, 0.05) is 26.1 Å². The first-order valence-corrected chi connectivity index (χ1v) is 7.19. The number of nitrogens with zero attached hydrogens (tertiary/aromatic N) is 2. The molecule has 4 heteroatoms. The molecule has 0 atom stereocenters. The van der Waals surface area contributed by atoms with Gasteiger partial charge in [-0.2, -0.15) is 0 Å². The van der Waals surface area contributed by atoms with E-state index in [2.05, 4.69) is 47.5 Å². The standard InChI is InChI=1S/C16H25N3.HI/c1-4-17-15(19(2)3)18-13-16(11-8-12-16)14-9-6-5-7-10-14;/h5-7,9-10H,4,8,11-13H2,1-3H3,(H,17,18);1H. The SMILES string of the molecule is CCNC(=NCC1(c2ccccc2)CCC1)N(C)C.I. The van der Waals surface area contributed by atoms with Crippen molar-refractivity contribution in [2.45, 2.75) is 31.6 Å². The average Bonchev–Trinajstić information content (AvgIpc) is 2.37. The number of rotatable bonds is 4. The van der Waals surface area contributed by atoms with E-state index >= 15 is 0 Å². The van der Waals surface area contributed by atoms with E-state index in [1.165, 1.54) is 24.8 Å². The Hall–Kier alpha value is -0.780. The Morgan fingerprint density at radius 2 is 1.90 bits per heavy atom. The molecule has 0 spiro atoms. The van der Waals surface area contributed by atoms with Crippen LogP contribution in [0.5, 0.6) is 0 Å². The van der Waals surface area contributed by atoms with Gasteiger partial charge in [0.2, 0.25) is 0 Å². The number of benzene rings is 1. The van der Waals surface area contributed by atoms with Gasteiger partial charge < -0.3 is 10.2 Å². The highest BCUT2D eigenvalue weighted by Gasteiger charge is 2.38. The van der Waals surface area contributed by atoms with E-state index in [0.717, 1.165) is 19.0 Å². The lowest BCUT2D eigenvalue weighted by Gasteiger charge is -2.41. The van der Waals surface area contributed by atoms with Crippen molar-refractivity contribution in [3.05, 3.63) is 35.9 Å². The Balaban J connectivity index is 0.00000200. The summed E-state index contributed by atoms with van der Waals surface area (Å²) in [5, 5.41) is 3.33. The lowest BCUT2D eigenvalue weighted by atomic mass is 9.64. The Labute approximate surface area is 139 Å². The molecule has 0 amide bonds. The average molecular weight is 387 g/mol. The van der Waals surface area contributed by atoms with E-state index in [1.807, 2.05) is 14.1 Å². The van der Waals surface area contributed by atoms with Gasteiger partial charge in [0.05, 0.1) is 6.54 Å². The Kier molecular flexibility index (Phi) is 6.79. The van der Waals surface area contributed by atoms with Crippen molar-refractivity contribution in [2.75, 3.05) is 27.2 Å². The molecule has 1 saturated carbocycles. The van der Waals surface area contributed by atoms with Crippen molar-refractivity contribution >= 4 is 29.9 Å². The monoisotopic (exact) mass is 387 g/mol. The Morgan fingerprint density at radius 3 is 2.35 bits per heavy atom. The maximum Gasteiger partial charge on any atom is 0.193 e. The lowest BCUT2D eigenvalue weighted by molar-refractivity contribution is 0.253. The van der Waals surface area contributed by atoms with Gasteiger partial charge in [0.25, 0.3) is 0 Å². The summed E-state index contributed by atoms with van der Waals surface area (Å²) in [7, 11) is 4.08. The molecule has 20 heavy (non-hydrogen) atoms. The fourth-order valence-electron chi connectivity index (χ4n) is 2.67. The van der Waals surface area contributed by atoms with Gasteiger partial charge in [-0.05, 0) is 25.3 Å². The van der Waals surface area contributed by atoms with Crippen molar-refractivity contribution in [1.82, 2.24) is 10.2 Å². The van der Waals surface area contributed by atoms with Crippen molar-refractivity contribution in [3.63, 3.8) is 0 Å². The highest BCUT2D eigenvalue weighted by molar-refractivity contribution is 14.0. The van der Waals surface area contributed by atoms with Crippen LogP contribution < -0.4 is 5.32 Å². The number of hydrogen-bond donors (Lipinski definition) is 1. The van der Waals surface area contributed by atoms with Crippen LogP contribution in [0.4, 0.5) is 0 Å². The van der Waals surface area contributed by atoms with Crippen LogP contribution in [0.3, 0.4) is 0 Å². The highest BCUT2D eigenvalue weighted by atomic mass is 127. The zero-order chi connectivity index (χ0) is 13.7. The molecule has 0 aliphatic heterocycles. The molecule has 0 aromatic heterocycles. The number of halogens is 1. The molecule has 1 aromatic rings. The molecule has 2 rings (SSSR count). The largest absolute Gasteiger partial charge is 0.357 e. The second-order valence-corrected chi connectivity index (χ2v) is 5.56. The molecule has 0 radical (unpaired) electrons. The molecular formula is C16H26IN3. The van der Waals surface area contributed by atoms with Crippen molar-refractivity contribution in [2.24, 2.45) is 4.99 Å². The van der Waals surface area contributed by atoms with E-state index < -0.39 is 0 Å². The summed E-state index contributed by atoms with van der Waals surface area (Å²) in [5.74, 6) is 0.990. The Morgan fingerprint density at radius 1 is 1.25 bits per heavy atom. The van der Waals surface area contributed by atoms with Gasteiger partial charge in [-0.25, -0.2) is 0 Å². The van der Waals surface area contributed by atoms with E-state index in [1.54, 1.807) is 0 Å². The quantitative estimate of drug-likeness (QED) is 0.488. The minimum atomic E-state index is 0. The molecule has 1 aliphatic rings. The third kappa shape index (κ3) is 3.87. The lowest BCUT2D eigenvalue weighted by Crippen LogP contribution is -2.41. The molecule has 0 heterocycles. The summed E-state index contributed by atoms with van der Waals surface area (Å²) in [6, 6.07) is 10.9. The predicted molar refractivity (Wildman–Crippen MR) is 97.1 cm³/mol. The Bertz CT molecular complexity index is 425. The molecule has 0 unspecified atom stereocenters. The van der Waals surface area contributed by atoms with E-state index in [0.29, 0.717) is 0 Å². The molecule has 1 aliphatic carbocycles. The fourth-order valence-corrected chi connectivity index (χ4v) is 2.67. The minimum absolute atomic E-state index is 0. The third-order valence-electron chi connectivity index (χ3n) is 3.99. The summed E-state index contributed by atoms with van der Waals surface area (Å²) in [6.45, 7) is 3.90. The molecule has 1 aromatic carbocycles. The summed E-state index contributed by atoms with van der Waals surface area (Å²) in [4.78, 5) is 6.87. The summed E-state index contributed by atoms with van der Waals surface area (Å²) in [6.07, 6.45) is 3.84. The van der Waals surface area contributed by atoms with Crippen LogP contribution in [0.25, 0.3) is 0 Å². The normalized spacial score (nSPS) is 16.9. The first kappa shape index (κ1) is 17.3. The number of nitrogens with one attached hydrogen (secondary N) is 1. The van der Waals surface area contributed by atoms with Gasteiger partial charge in [0.1, 0.15) is 0 Å². The van der Waals surface area contributed by atoms with Crippen LogP contribution in [0.15, 0.2) is 35.3 Å². The van der Waals surface area contributed by atoms with Gasteiger partial charge in [-0.3, -0.25) is 4.99 Å². The molecule has 112 valence electrons. The van der Waals surface area contributed by atoms with Crippen molar-refractivity contribution in [1.29, 1.82) is 0 Å². The molecule has 0 saturated heterocycles. The minimum Gasteiger partial charge on any atom is -0.357 e. The zero-order valence-corrected chi connectivity index (χ0v) is 15.1. The first-order valence-electron chi connectivity index (χ1n) is 7.19. The van der Waals surface area contributed by atoms with Gasteiger partial charge in [-0.15, -0.1) is 24.0 Å². The number of hydrogen-bond acceptors (Lipinski definition) is 1. The molecule has 0 bridgehead atoms. The van der Waals surface area contributed by atoms with E-state index in [4.69, 9.17) is 4.99 Å². The van der Waals surface area contributed by atoms with Gasteiger partial charge in [-0.1, -0.05) is 36.8 Å². The molecular weight excluding hydrogens is 361 g/mol. The van der Waals surface area contributed by atoms with Crippen molar-refractivity contribution < 1.29 is 0 Å².